The number of ether oxygens (including phenoxy) is 1. The lowest BCUT2D eigenvalue weighted by Crippen LogP contribution is -2.48. The van der Waals surface area contributed by atoms with E-state index in [1.165, 1.54) is 7.11 Å². The molecule has 0 aromatic carbocycles. The van der Waals surface area contributed by atoms with Crippen LogP contribution in [0.5, 0.6) is 0 Å². The van der Waals surface area contributed by atoms with Crippen molar-refractivity contribution in [3.63, 3.8) is 0 Å². The summed E-state index contributed by atoms with van der Waals surface area (Å²) in [6, 6.07) is -0.846. The number of ketones is 1. The van der Waals surface area contributed by atoms with Crippen molar-refractivity contribution < 1.29 is 24.2 Å². The summed E-state index contributed by atoms with van der Waals surface area (Å²) in [6.45, 7) is 1.16. The topological polar surface area (TPSA) is 83.9 Å². The molecule has 0 aromatic heterocycles. The summed E-state index contributed by atoms with van der Waals surface area (Å²) in [5.41, 5.74) is 0. The number of hydrogen-bond donors (Lipinski definition) is 1. The molecule has 1 aliphatic rings. The number of aliphatic hydroxyl groups excluding tert-OH is 1. The number of carbonyl (C=O) groups is 3. The number of Topliss-reactive ketones (excluding diaryl/α,β-unsaturated/α-hetero) is 1. The summed E-state index contributed by atoms with van der Waals surface area (Å²) in [5, 5.41) is 9.46. The molecule has 2 unspecified atom stereocenters. The van der Waals surface area contributed by atoms with Crippen molar-refractivity contribution in [3.05, 3.63) is 0 Å². The van der Waals surface area contributed by atoms with Gasteiger partial charge in [0.05, 0.1) is 7.11 Å². The fraction of sp³-hybridized carbons (Fsp3) is 0.667. The quantitative estimate of drug-likeness (QED) is 0.614. The standard InChI is InChI=1S/C9H13NO5/c1-5(11)8(13)10-6(9(14)15-2)3-4-7(10)12/h6,8,13H,3-4H2,1-2H3. The van der Waals surface area contributed by atoms with Crippen LogP contribution in [0, 0.1) is 0 Å². The van der Waals surface area contributed by atoms with Crippen molar-refractivity contribution in [1.29, 1.82) is 0 Å². The van der Waals surface area contributed by atoms with Gasteiger partial charge < -0.3 is 9.84 Å². The Bertz CT molecular complexity index is 301. The third kappa shape index (κ3) is 2.15. The molecule has 0 saturated carbocycles. The molecule has 1 N–H and O–H groups in total. The van der Waals surface area contributed by atoms with Gasteiger partial charge in [-0.25, -0.2) is 4.79 Å². The van der Waals surface area contributed by atoms with Crippen molar-refractivity contribution in [2.75, 3.05) is 7.11 Å². The smallest absolute Gasteiger partial charge is 0.328 e. The first-order valence-electron chi connectivity index (χ1n) is 4.56. The van der Waals surface area contributed by atoms with Crippen LogP contribution in [0.25, 0.3) is 0 Å². The lowest BCUT2D eigenvalue weighted by Gasteiger charge is -2.26. The number of aliphatic hydroxyl groups is 1. The van der Waals surface area contributed by atoms with Crippen LogP contribution in [0.2, 0.25) is 0 Å². The molecule has 84 valence electrons. The maximum Gasteiger partial charge on any atom is 0.328 e. The van der Waals surface area contributed by atoms with Crippen LogP contribution in [0.4, 0.5) is 0 Å². The molecule has 2 atom stereocenters. The fourth-order valence-corrected chi connectivity index (χ4v) is 1.57. The number of carbonyl (C=O) groups excluding carboxylic acids is 3. The average Bonchev–Trinajstić information content (AvgIpc) is 2.57. The van der Waals surface area contributed by atoms with Gasteiger partial charge in [0.15, 0.2) is 12.0 Å². The van der Waals surface area contributed by atoms with Gasteiger partial charge in [0.2, 0.25) is 5.91 Å². The van der Waals surface area contributed by atoms with Crippen molar-refractivity contribution in [1.82, 2.24) is 4.90 Å². The van der Waals surface area contributed by atoms with Gasteiger partial charge in [-0.1, -0.05) is 0 Å². The third-order valence-electron chi connectivity index (χ3n) is 2.36. The summed E-state index contributed by atoms with van der Waals surface area (Å²) in [5.74, 6) is -1.59. The summed E-state index contributed by atoms with van der Waals surface area (Å²) < 4.78 is 4.49. The third-order valence-corrected chi connectivity index (χ3v) is 2.36. The molecule has 1 rings (SSSR count). The maximum atomic E-state index is 11.4. The zero-order chi connectivity index (χ0) is 11.6. The van der Waals surface area contributed by atoms with E-state index in [-0.39, 0.29) is 12.8 Å². The minimum atomic E-state index is -1.55. The second kappa shape index (κ2) is 4.39. The average molecular weight is 215 g/mol. The van der Waals surface area contributed by atoms with E-state index in [2.05, 4.69) is 4.74 Å². The highest BCUT2D eigenvalue weighted by molar-refractivity contribution is 5.92. The highest BCUT2D eigenvalue weighted by Gasteiger charge is 2.41. The van der Waals surface area contributed by atoms with Crippen molar-refractivity contribution in [2.45, 2.75) is 32.0 Å². The largest absolute Gasteiger partial charge is 0.467 e. The monoisotopic (exact) mass is 215 g/mol. The van der Waals surface area contributed by atoms with Crippen molar-refractivity contribution >= 4 is 17.7 Å². The first kappa shape index (κ1) is 11.6. The molecule has 1 heterocycles. The van der Waals surface area contributed by atoms with E-state index >= 15 is 0 Å². The van der Waals surface area contributed by atoms with E-state index in [9.17, 15) is 19.5 Å². The molecule has 1 aliphatic heterocycles. The van der Waals surface area contributed by atoms with Gasteiger partial charge in [0, 0.05) is 6.42 Å². The number of esters is 1. The first-order chi connectivity index (χ1) is 6.99. The Morgan fingerprint density at radius 2 is 2.20 bits per heavy atom. The molecule has 15 heavy (non-hydrogen) atoms. The molecule has 1 amide bonds. The molecular formula is C9H13NO5. The molecule has 1 fully saturated rings. The molecule has 0 radical (unpaired) electrons. The number of nitrogens with zero attached hydrogens (tertiary/aromatic N) is 1. The number of amides is 1. The van der Waals surface area contributed by atoms with Gasteiger partial charge in [-0.2, -0.15) is 0 Å². The van der Waals surface area contributed by atoms with E-state index in [0.29, 0.717) is 0 Å². The maximum absolute atomic E-state index is 11.4. The molecule has 0 bridgehead atoms. The van der Waals surface area contributed by atoms with Crippen LogP contribution >= 0.6 is 0 Å². The molecule has 6 heteroatoms. The Labute approximate surface area is 86.8 Å². The predicted molar refractivity (Wildman–Crippen MR) is 48.6 cm³/mol. The van der Waals surface area contributed by atoms with Crippen molar-refractivity contribution in [2.24, 2.45) is 0 Å². The number of hydrogen-bond acceptors (Lipinski definition) is 5. The number of rotatable bonds is 3. The zero-order valence-corrected chi connectivity index (χ0v) is 8.60. The normalized spacial score (nSPS) is 22.7. The predicted octanol–water partition coefficient (Wildman–Crippen LogP) is -0.942. The van der Waals surface area contributed by atoms with Gasteiger partial charge in [0.1, 0.15) is 6.04 Å². The lowest BCUT2D eigenvalue weighted by molar-refractivity contribution is -0.160. The van der Waals surface area contributed by atoms with E-state index in [1.807, 2.05) is 0 Å². The Morgan fingerprint density at radius 1 is 1.60 bits per heavy atom. The van der Waals surface area contributed by atoms with E-state index < -0.39 is 29.9 Å². The summed E-state index contributed by atoms with van der Waals surface area (Å²) in [7, 11) is 1.20. The molecule has 0 aliphatic carbocycles. The number of methoxy groups -OCH3 is 1. The summed E-state index contributed by atoms with van der Waals surface area (Å²) >= 11 is 0. The number of likely N-dealkylation sites (tertiary alicyclic amines) is 1. The fourth-order valence-electron chi connectivity index (χ4n) is 1.57. The van der Waals surface area contributed by atoms with Gasteiger partial charge in [-0.15, -0.1) is 0 Å². The Morgan fingerprint density at radius 3 is 2.67 bits per heavy atom. The summed E-state index contributed by atoms with van der Waals surface area (Å²) in [4.78, 5) is 34.4. The van der Waals surface area contributed by atoms with Gasteiger partial charge in [-0.3, -0.25) is 14.5 Å². The molecule has 6 nitrogen and oxygen atoms in total. The molecule has 1 saturated heterocycles. The van der Waals surface area contributed by atoms with E-state index in [1.54, 1.807) is 0 Å². The van der Waals surface area contributed by atoms with E-state index in [0.717, 1.165) is 11.8 Å². The van der Waals surface area contributed by atoms with Gasteiger partial charge in [0.25, 0.3) is 0 Å². The SMILES string of the molecule is COC(=O)C1CCC(=O)N1C(O)C(C)=O. The Balaban J connectivity index is 2.86. The van der Waals surface area contributed by atoms with Crippen LogP contribution < -0.4 is 0 Å². The van der Waals surface area contributed by atoms with Crippen LogP contribution in [0.1, 0.15) is 19.8 Å². The highest BCUT2D eigenvalue weighted by Crippen LogP contribution is 2.22. The highest BCUT2D eigenvalue weighted by atomic mass is 16.5. The lowest BCUT2D eigenvalue weighted by atomic mass is 10.2. The zero-order valence-electron chi connectivity index (χ0n) is 8.60. The molecule has 0 spiro atoms. The van der Waals surface area contributed by atoms with Gasteiger partial charge >= 0.3 is 5.97 Å². The van der Waals surface area contributed by atoms with Crippen LogP contribution in [-0.4, -0.2) is 47.0 Å². The van der Waals surface area contributed by atoms with Crippen molar-refractivity contribution in [3.8, 4) is 0 Å². The van der Waals surface area contributed by atoms with Gasteiger partial charge in [-0.05, 0) is 13.3 Å². The van der Waals surface area contributed by atoms with E-state index in [4.69, 9.17) is 0 Å². The minimum Gasteiger partial charge on any atom is -0.467 e. The second-order valence-corrected chi connectivity index (χ2v) is 3.36. The Hall–Kier alpha value is -1.43. The summed E-state index contributed by atoms with van der Waals surface area (Å²) in [6.07, 6.45) is -1.14. The van der Waals surface area contributed by atoms with Crippen LogP contribution in [-0.2, 0) is 19.1 Å². The molecular weight excluding hydrogens is 202 g/mol. The molecule has 0 aromatic rings. The second-order valence-electron chi connectivity index (χ2n) is 3.36. The first-order valence-corrected chi connectivity index (χ1v) is 4.56. The minimum absolute atomic E-state index is 0.143. The Kier molecular flexibility index (Phi) is 3.41. The van der Waals surface area contributed by atoms with Crippen LogP contribution in [0.3, 0.4) is 0 Å². The van der Waals surface area contributed by atoms with Crippen LogP contribution in [0.15, 0.2) is 0 Å².